The van der Waals surface area contributed by atoms with Crippen LogP contribution in [0.5, 0.6) is 0 Å². The van der Waals surface area contributed by atoms with E-state index in [1.807, 2.05) is 6.92 Å². The Morgan fingerprint density at radius 1 is 1.38 bits per heavy atom. The number of nitrogens with zero attached hydrogens (tertiary/aromatic N) is 4. The van der Waals surface area contributed by atoms with Crippen molar-refractivity contribution >= 4 is 17.4 Å². The third kappa shape index (κ3) is 2.35. The Kier molecular flexibility index (Phi) is 3.32. The van der Waals surface area contributed by atoms with Crippen LogP contribution in [0.2, 0.25) is 0 Å². The fourth-order valence-electron chi connectivity index (χ4n) is 2.77. The van der Waals surface area contributed by atoms with Gasteiger partial charge >= 0.3 is 5.97 Å². The van der Waals surface area contributed by atoms with Gasteiger partial charge in [-0.2, -0.15) is 5.10 Å². The molecular formula is C14H16N4O3. The van der Waals surface area contributed by atoms with Crippen LogP contribution < -0.4 is 0 Å². The Labute approximate surface area is 121 Å². The van der Waals surface area contributed by atoms with Gasteiger partial charge in [0, 0.05) is 18.9 Å². The van der Waals surface area contributed by atoms with Gasteiger partial charge in [-0.1, -0.05) is 6.92 Å². The van der Waals surface area contributed by atoms with Crippen LogP contribution in [-0.2, 0) is 4.79 Å². The minimum Gasteiger partial charge on any atom is -0.480 e. The van der Waals surface area contributed by atoms with Gasteiger partial charge in [-0.15, -0.1) is 0 Å². The summed E-state index contributed by atoms with van der Waals surface area (Å²) in [6.45, 7) is 2.46. The van der Waals surface area contributed by atoms with E-state index in [1.165, 1.54) is 11.1 Å². The van der Waals surface area contributed by atoms with Gasteiger partial charge in [0.05, 0.1) is 23.5 Å². The lowest BCUT2D eigenvalue weighted by molar-refractivity contribution is -0.144. The second-order valence-corrected chi connectivity index (χ2v) is 5.45. The smallest absolute Gasteiger partial charge is 0.326 e. The van der Waals surface area contributed by atoms with Crippen molar-refractivity contribution in [1.82, 2.24) is 19.5 Å². The summed E-state index contributed by atoms with van der Waals surface area (Å²) in [7, 11) is 0. The largest absolute Gasteiger partial charge is 0.480 e. The molecule has 3 rings (SSSR count). The van der Waals surface area contributed by atoms with E-state index in [9.17, 15) is 14.7 Å². The average molecular weight is 288 g/mol. The highest BCUT2D eigenvalue weighted by molar-refractivity contribution is 6.02. The Bertz CT molecular complexity index is 696. The molecule has 3 heterocycles. The number of aliphatic carboxylic acids is 1. The van der Waals surface area contributed by atoms with Crippen molar-refractivity contribution in [2.24, 2.45) is 5.92 Å². The highest BCUT2D eigenvalue weighted by Gasteiger charge is 2.36. The molecule has 1 aliphatic heterocycles. The Balaban J connectivity index is 1.95. The lowest BCUT2D eigenvalue weighted by atomic mass is 9.92. The molecule has 2 aromatic heterocycles. The summed E-state index contributed by atoms with van der Waals surface area (Å²) >= 11 is 0. The first-order valence-electron chi connectivity index (χ1n) is 6.89. The molecule has 0 aliphatic carbocycles. The maximum Gasteiger partial charge on any atom is 0.326 e. The Morgan fingerprint density at radius 2 is 2.19 bits per heavy atom. The summed E-state index contributed by atoms with van der Waals surface area (Å²) in [5.74, 6) is -0.942. The summed E-state index contributed by atoms with van der Waals surface area (Å²) in [4.78, 5) is 29.5. The zero-order valence-corrected chi connectivity index (χ0v) is 11.6. The highest BCUT2D eigenvalue weighted by atomic mass is 16.4. The predicted molar refractivity (Wildman–Crippen MR) is 73.8 cm³/mol. The van der Waals surface area contributed by atoms with Crippen molar-refractivity contribution in [3.8, 4) is 0 Å². The van der Waals surface area contributed by atoms with E-state index >= 15 is 0 Å². The van der Waals surface area contributed by atoms with Gasteiger partial charge in [-0.05, 0) is 18.8 Å². The van der Waals surface area contributed by atoms with Crippen LogP contribution in [0, 0.1) is 5.92 Å². The van der Waals surface area contributed by atoms with E-state index in [0.717, 1.165) is 6.42 Å². The van der Waals surface area contributed by atoms with Gasteiger partial charge < -0.3 is 10.0 Å². The van der Waals surface area contributed by atoms with Crippen molar-refractivity contribution in [2.45, 2.75) is 25.8 Å². The van der Waals surface area contributed by atoms with E-state index < -0.39 is 12.0 Å². The number of carbonyl (C=O) groups is 2. The maximum atomic E-state index is 12.7. The molecule has 0 spiro atoms. The SMILES string of the molecule is CC1CCN(C(=O)c2cnn3ccncc23)C(C(=O)O)C1. The second kappa shape index (κ2) is 5.16. The summed E-state index contributed by atoms with van der Waals surface area (Å²) in [6, 6.07) is -0.770. The van der Waals surface area contributed by atoms with Crippen LogP contribution in [0.1, 0.15) is 30.1 Å². The predicted octanol–water partition coefficient (Wildman–Crippen LogP) is 1.05. The molecule has 1 fully saturated rings. The Hall–Kier alpha value is -2.44. The number of fused-ring (bicyclic) bond motifs is 1. The number of hydrogen-bond donors (Lipinski definition) is 1. The quantitative estimate of drug-likeness (QED) is 0.892. The van der Waals surface area contributed by atoms with Crippen molar-refractivity contribution in [1.29, 1.82) is 0 Å². The van der Waals surface area contributed by atoms with Gasteiger partial charge in [0.25, 0.3) is 5.91 Å². The second-order valence-electron chi connectivity index (χ2n) is 5.45. The molecule has 21 heavy (non-hydrogen) atoms. The topological polar surface area (TPSA) is 87.8 Å². The molecule has 1 saturated heterocycles. The summed E-state index contributed by atoms with van der Waals surface area (Å²) in [5, 5.41) is 13.5. The fraction of sp³-hybridized carbons (Fsp3) is 0.429. The van der Waals surface area contributed by atoms with E-state index in [-0.39, 0.29) is 5.91 Å². The molecule has 1 N–H and O–H groups in total. The zero-order chi connectivity index (χ0) is 15.0. The first kappa shape index (κ1) is 13.5. The van der Waals surface area contributed by atoms with E-state index in [0.29, 0.717) is 30.0 Å². The van der Waals surface area contributed by atoms with Crippen LogP contribution in [0.15, 0.2) is 24.8 Å². The van der Waals surface area contributed by atoms with E-state index in [1.54, 1.807) is 23.1 Å². The summed E-state index contributed by atoms with van der Waals surface area (Å²) in [5.41, 5.74) is 0.981. The minimum atomic E-state index is -0.954. The average Bonchev–Trinajstić information content (AvgIpc) is 2.90. The maximum absolute atomic E-state index is 12.7. The number of hydrogen-bond acceptors (Lipinski definition) is 4. The molecule has 0 bridgehead atoms. The monoisotopic (exact) mass is 288 g/mol. The first-order valence-corrected chi connectivity index (χ1v) is 6.89. The molecule has 0 aromatic carbocycles. The first-order chi connectivity index (χ1) is 10.1. The molecule has 2 aromatic rings. The number of likely N-dealkylation sites (tertiary alicyclic amines) is 1. The number of amides is 1. The molecule has 1 amide bonds. The minimum absolute atomic E-state index is 0.294. The molecule has 2 unspecified atom stereocenters. The molecule has 1 aliphatic rings. The van der Waals surface area contributed by atoms with E-state index in [2.05, 4.69) is 10.1 Å². The van der Waals surface area contributed by atoms with Crippen molar-refractivity contribution < 1.29 is 14.7 Å². The number of carboxylic acids is 1. The van der Waals surface area contributed by atoms with Crippen molar-refractivity contribution in [2.75, 3.05) is 6.54 Å². The number of carbonyl (C=O) groups excluding carboxylic acids is 1. The number of rotatable bonds is 2. The van der Waals surface area contributed by atoms with Gasteiger partial charge in [-0.3, -0.25) is 9.78 Å². The van der Waals surface area contributed by atoms with Crippen LogP contribution in [-0.4, -0.2) is 49.1 Å². The molecule has 110 valence electrons. The lowest BCUT2D eigenvalue weighted by Crippen LogP contribution is -2.49. The van der Waals surface area contributed by atoms with Crippen LogP contribution in [0.4, 0.5) is 0 Å². The molecule has 0 saturated carbocycles. The van der Waals surface area contributed by atoms with E-state index in [4.69, 9.17) is 0 Å². The molecule has 7 nitrogen and oxygen atoms in total. The zero-order valence-electron chi connectivity index (χ0n) is 11.6. The summed E-state index contributed by atoms with van der Waals surface area (Å²) in [6.07, 6.45) is 7.56. The molecule has 0 radical (unpaired) electrons. The molecule has 7 heteroatoms. The van der Waals surface area contributed by atoms with Gasteiger partial charge in [0.2, 0.25) is 0 Å². The normalized spacial score (nSPS) is 22.4. The molecule has 2 atom stereocenters. The Morgan fingerprint density at radius 3 is 2.95 bits per heavy atom. The third-order valence-corrected chi connectivity index (χ3v) is 3.97. The van der Waals surface area contributed by atoms with Crippen LogP contribution in [0.3, 0.4) is 0 Å². The fourth-order valence-corrected chi connectivity index (χ4v) is 2.77. The lowest BCUT2D eigenvalue weighted by Gasteiger charge is -2.35. The van der Waals surface area contributed by atoms with Crippen LogP contribution >= 0.6 is 0 Å². The summed E-state index contributed by atoms with van der Waals surface area (Å²) < 4.78 is 1.56. The number of carboxylic acid groups (broad SMARTS) is 1. The number of aromatic nitrogens is 3. The number of piperidine rings is 1. The van der Waals surface area contributed by atoms with Crippen molar-refractivity contribution in [3.05, 3.63) is 30.4 Å². The van der Waals surface area contributed by atoms with Gasteiger partial charge in [-0.25, -0.2) is 9.31 Å². The standard InChI is InChI=1S/C14H16N4O3/c1-9-2-4-17(11(6-9)14(20)21)13(19)10-7-16-18-5-3-15-8-12(10)18/h3,5,7-9,11H,2,4,6H2,1H3,(H,20,21). The van der Waals surface area contributed by atoms with Crippen LogP contribution in [0.25, 0.3) is 5.52 Å². The van der Waals surface area contributed by atoms with Crippen molar-refractivity contribution in [3.63, 3.8) is 0 Å². The van der Waals surface area contributed by atoms with Gasteiger partial charge in [0.1, 0.15) is 6.04 Å². The van der Waals surface area contributed by atoms with Gasteiger partial charge in [0.15, 0.2) is 0 Å². The third-order valence-electron chi connectivity index (χ3n) is 3.97. The highest BCUT2D eigenvalue weighted by Crippen LogP contribution is 2.25. The molecular weight excluding hydrogens is 272 g/mol.